The van der Waals surface area contributed by atoms with Crippen LogP contribution in [0, 0.1) is 5.92 Å². The largest absolute Gasteiger partial charge is 0.493 e. The van der Waals surface area contributed by atoms with E-state index in [-0.39, 0.29) is 30.4 Å². The van der Waals surface area contributed by atoms with Crippen LogP contribution in [0.2, 0.25) is 5.02 Å². The zero-order chi connectivity index (χ0) is 33.7. The first-order chi connectivity index (χ1) is 22.5. The lowest BCUT2D eigenvalue weighted by atomic mass is 9.85. The highest BCUT2D eigenvalue weighted by atomic mass is 35.5. The summed E-state index contributed by atoms with van der Waals surface area (Å²) >= 11 is 6.27. The van der Waals surface area contributed by atoms with E-state index in [9.17, 15) is 9.59 Å². The van der Waals surface area contributed by atoms with Crippen molar-refractivity contribution in [1.29, 1.82) is 0 Å². The number of anilines is 2. The summed E-state index contributed by atoms with van der Waals surface area (Å²) in [7, 11) is 3.69. The Hall–Kier alpha value is -3.82. The highest BCUT2D eigenvalue weighted by Gasteiger charge is 2.36. The number of halogens is 1. The number of benzene rings is 2. The maximum Gasteiger partial charge on any atom is 0.234 e. The van der Waals surface area contributed by atoms with Crippen LogP contribution in [0.4, 0.5) is 11.5 Å². The number of rotatable bonds is 12. The van der Waals surface area contributed by atoms with Crippen LogP contribution in [0.5, 0.6) is 11.5 Å². The molecule has 0 bridgehead atoms. The molecule has 252 valence electrons. The monoisotopic (exact) mass is 661 g/mol. The summed E-state index contributed by atoms with van der Waals surface area (Å²) < 4.78 is 11.8. The molecule has 3 aromatic rings. The van der Waals surface area contributed by atoms with Crippen molar-refractivity contribution in [1.82, 2.24) is 15.6 Å². The maximum absolute atomic E-state index is 13.9. The third kappa shape index (κ3) is 8.56. The molecule has 5 rings (SSSR count). The summed E-state index contributed by atoms with van der Waals surface area (Å²) in [4.78, 5) is 34.8. The van der Waals surface area contributed by atoms with E-state index in [0.717, 1.165) is 60.4 Å². The van der Waals surface area contributed by atoms with Crippen molar-refractivity contribution in [3.05, 3.63) is 76.4 Å². The number of fused-ring (bicyclic) bond motifs is 1. The quantitative estimate of drug-likeness (QED) is 0.235. The van der Waals surface area contributed by atoms with Gasteiger partial charge in [0.05, 0.1) is 44.1 Å². The van der Waals surface area contributed by atoms with E-state index in [4.69, 9.17) is 26.1 Å². The van der Waals surface area contributed by atoms with E-state index in [0.29, 0.717) is 35.0 Å². The average molecular weight is 662 g/mol. The van der Waals surface area contributed by atoms with Gasteiger partial charge in [0.2, 0.25) is 11.8 Å². The number of hydrogen-bond donors (Lipinski definition) is 2. The Balaban J connectivity index is 1.31. The summed E-state index contributed by atoms with van der Waals surface area (Å²) in [5, 5.41) is 7.00. The first-order valence-corrected chi connectivity index (χ1v) is 17.0. The highest BCUT2D eigenvalue weighted by molar-refractivity contribution is 6.30. The minimum absolute atomic E-state index is 0.0213. The lowest BCUT2D eigenvalue weighted by Crippen LogP contribution is -2.43. The second kappa shape index (κ2) is 15.4. The van der Waals surface area contributed by atoms with Crippen LogP contribution in [0.25, 0.3) is 0 Å². The Morgan fingerprint density at radius 2 is 1.77 bits per heavy atom. The van der Waals surface area contributed by atoms with Gasteiger partial charge in [-0.3, -0.25) is 14.5 Å². The van der Waals surface area contributed by atoms with Gasteiger partial charge in [0, 0.05) is 30.7 Å². The Bertz CT molecular complexity index is 1520. The van der Waals surface area contributed by atoms with Gasteiger partial charge in [-0.15, -0.1) is 0 Å². The number of nitrogens with one attached hydrogen (secondary N) is 2. The number of nitrogens with zero attached hydrogens (tertiary/aromatic N) is 3. The van der Waals surface area contributed by atoms with Crippen molar-refractivity contribution in [2.45, 2.75) is 84.0 Å². The number of pyridine rings is 1. The van der Waals surface area contributed by atoms with E-state index < -0.39 is 6.04 Å². The number of carbonyl (C=O) groups is 2. The van der Waals surface area contributed by atoms with Crippen molar-refractivity contribution < 1.29 is 19.1 Å². The Morgan fingerprint density at radius 3 is 2.38 bits per heavy atom. The molecular weight excluding hydrogens is 614 g/mol. The second-order valence-corrected chi connectivity index (χ2v) is 13.8. The van der Waals surface area contributed by atoms with Crippen LogP contribution < -0.4 is 29.9 Å². The molecule has 0 spiro atoms. The standard InChI is InChI=1S/C37H48ClN5O4/c1-23(2)41-35(44)21-39-29-13-7-25(8-14-29)22-42(5)34-16-15-30(20-40-34)43-36(45)18-27-17-32(46-6)33(47-24(3)4)19-31(27)37(43)26-9-11-28(38)12-10-26/h9-12,15-17,19-20,23-25,29,37,39H,7-8,13-14,18,21-22H2,1-6H3,(H,41,44). The third-order valence-electron chi connectivity index (χ3n) is 8.92. The molecule has 1 aromatic heterocycles. The summed E-state index contributed by atoms with van der Waals surface area (Å²) in [5.41, 5.74) is 3.56. The molecule has 47 heavy (non-hydrogen) atoms. The molecule has 2 aromatic carbocycles. The predicted molar refractivity (Wildman–Crippen MR) is 188 cm³/mol. The molecule has 1 unspecified atom stereocenters. The fourth-order valence-electron chi connectivity index (χ4n) is 6.72. The van der Waals surface area contributed by atoms with Crippen molar-refractivity contribution in [2.75, 3.05) is 37.0 Å². The molecular formula is C37H48ClN5O4. The summed E-state index contributed by atoms with van der Waals surface area (Å²) in [6.45, 7) is 9.18. The summed E-state index contributed by atoms with van der Waals surface area (Å²) in [6.07, 6.45) is 6.31. The van der Waals surface area contributed by atoms with Gasteiger partial charge in [-0.2, -0.15) is 0 Å². The second-order valence-electron chi connectivity index (χ2n) is 13.3. The molecule has 10 heteroatoms. The summed E-state index contributed by atoms with van der Waals surface area (Å²) in [6, 6.07) is 15.7. The zero-order valence-electron chi connectivity index (χ0n) is 28.4. The van der Waals surface area contributed by atoms with Crippen LogP contribution in [0.15, 0.2) is 54.7 Å². The van der Waals surface area contributed by atoms with Crippen LogP contribution in [0.3, 0.4) is 0 Å². The average Bonchev–Trinajstić information content (AvgIpc) is 3.04. The van der Waals surface area contributed by atoms with E-state index in [2.05, 4.69) is 22.6 Å². The number of aromatic nitrogens is 1. The lowest BCUT2D eigenvalue weighted by Gasteiger charge is -2.38. The van der Waals surface area contributed by atoms with E-state index >= 15 is 0 Å². The molecule has 2 heterocycles. The van der Waals surface area contributed by atoms with Crippen molar-refractivity contribution >= 4 is 34.9 Å². The Morgan fingerprint density at radius 1 is 1.04 bits per heavy atom. The number of ether oxygens (including phenoxy) is 2. The topological polar surface area (TPSA) is 96.0 Å². The lowest BCUT2D eigenvalue weighted by molar-refractivity contribution is -0.121. The molecule has 1 atom stereocenters. The molecule has 1 saturated carbocycles. The van der Waals surface area contributed by atoms with Crippen molar-refractivity contribution in [3.63, 3.8) is 0 Å². The molecule has 2 aliphatic rings. The smallest absolute Gasteiger partial charge is 0.234 e. The van der Waals surface area contributed by atoms with E-state index in [1.807, 2.05) is 81.1 Å². The molecule has 0 radical (unpaired) electrons. The van der Waals surface area contributed by atoms with Gasteiger partial charge in [0.25, 0.3) is 0 Å². The van der Waals surface area contributed by atoms with Crippen LogP contribution in [0.1, 0.15) is 76.1 Å². The first kappa shape index (κ1) is 34.5. The SMILES string of the molecule is COc1cc2c(cc1OC(C)C)C(c1ccc(Cl)cc1)N(c1ccc(N(C)CC3CCC(NCC(=O)NC(C)C)CC3)nc1)C(=O)C2. The number of methoxy groups -OCH3 is 1. The maximum atomic E-state index is 13.9. The van der Waals surface area contributed by atoms with Gasteiger partial charge in [0.15, 0.2) is 11.5 Å². The molecule has 2 amide bonds. The molecule has 0 saturated heterocycles. The van der Waals surface area contributed by atoms with Gasteiger partial charge in [-0.1, -0.05) is 23.7 Å². The molecule has 1 aliphatic heterocycles. The third-order valence-corrected chi connectivity index (χ3v) is 9.17. The van der Waals surface area contributed by atoms with Gasteiger partial charge in [-0.25, -0.2) is 4.98 Å². The highest BCUT2D eigenvalue weighted by Crippen LogP contribution is 2.44. The van der Waals surface area contributed by atoms with Gasteiger partial charge >= 0.3 is 0 Å². The van der Waals surface area contributed by atoms with Crippen LogP contribution in [-0.4, -0.2) is 62.2 Å². The minimum atomic E-state index is -0.394. The predicted octanol–water partition coefficient (Wildman–Crippen LogP) is 6.32. The van der Waals surface area contributed by atoms with Crippen molar-refractivity contribution in [2.24, 2.45) is 5.92 Å². The van der Waals surface area contributed by atoms with E-state index in [1.54, 1.807) is 13.3 Å². The first-order valence-electron chi connectivity index (χ1n) is 16.7. The molecule has 1 aliphatic carbocycles. The molecule has 9 nitrogen and oxygen atoms in total. The minimum Gasteiger partial charge on any atom is -0.493 e. The summed E-state index contributed by atoms with van der Waals surface area (Å²) in [5.74, 6) is 2.71. The fourth-order valence-corrected chi connectivity index (χ4v) is 6.84. The van der Waals surface area contributed by atoms with Crippen LogP contribution in [-0.2, 0) is 16.0 Å². The number of carbonyl (C=O) groups excluding carboxylic acids is 2. The van der Waals surface area contributed by atoms with Gasteiger partial charge < -0.3 is 25.0 Å². The Kier molecular flexibility index (Phi) is 11.3. The van der Waals surface area contributed by atoms with Gasteiger partial charge in [-0.05, 0) is 112 Å². The molecule has 2 N–H and O–H groups in total. The normalized spacial score (nSPS) is 19.5. The number of hydrogen-bond acceptors (Lipinski definition) is 7. The van der Waals surface area contributed by atoms with Crippen molar-refractivity contribution in [3.8, 4) is 11.5 Å². The van der Waals surface area contributed by atoms with Crippen LogP contribution >= 0.6 is 11.6 Å². The molecule has 1 fully saturated rings. The fraction of sp³-hybridized carbons (Fsp3) is 0.486. The Labute approximate surface area is 284 Å². The van der Waals surface area contributed by atoms with E-state index in [1.165, 1.54) is 0 Å². The zero-order valence-corrected chi connectivity index (χ0v) is 29.1. The number of amides is 2. The van der Waals surface area contributed by atoms with Gasteiger partial charge in [0.1, 0.15) is 5.82 Å².